The van der Waals surface area contributed by atoms with Crippen molar-refractivity contribution in [2.24, 2.45) is 5.92 Å². The first-order valence-corrected chi connectivity index (χ1v) is 13.4. The quantitative estimate of drug-likeness (QED) is 0.484. The number of aromatic nitrogens is 2. The number of aryl methyl sites for hydroxylation is 1. The molecular weight excluding hydrogens is 434 g/mol. The van der Waals surface area contributed by atoms with Crippen molar-refractivity contribution in [2.45, 2.75) is 45.3 Å². The number of nitrogens with one attached hydrogen (secondary N) is 3. The Morgan fingerprint density at radius 2 is 1.91 bits per heavy atom. The summed E-state index contributed by atoms with van der Waals surface area (Å²) >= 11 is 0. The highest BCUT2D eigenvalue weighted by molar-refractivity contribution is 7.92. The van der Waals surface area contributed by atoms with Crippen LogP contribution in [0.4, 0.5) is 11.6 Å². The fourth-order valence-corrected chi connectivity index (χ4v) is 5.95. The van der Waals surface area contributed by atoms with Crippen LogP contribution in [0.15, 0.2) is 42.8 Å². The molecule has 2 heterocycles. The van der Waals surface area contributed by atoms with Gasteiger partial charge < -0.3 is 14.8 Å². The van der Waals surface area contributed by atoms with Gasteiger partial charge in [-0.3, -0.25) is 9.56 Å². The number of fused-ring (bicyclic) bond motifs is 4. The lowest BCUT2D eigenvalue weighted by atomic mass is 10.1. The maximum atomic E-state index is 8.57. The highest BCUT2D eigenvalue weighted by atomic mass is 32.2. The Bertz CT molecular complexity index is 1170. The number of hydrogen-bond acceptors (Lipinski definition) is 7. The van der Waals surface area contributed by atoms with Crippen molar-refractivity contribution in [2.75, 3.05) is 24.3 Å². The molecule has 1 saturated carbocycles. The lowest BCUT2D eigenvalue weighted by molar-refractivity contribution is 0.207. The number of ether oxygens (including phenoxy) is 2. The van der Waals surface area contributed by atoms with E-state index in [-0.39, 0.29) is 0 Å². The molecule has 33 heavy (non-hydrogen) atoms. The van der Waals surface area contributed by atoms with Crippen LogP contribution in [0.5, 0.6) is 5.75 Å². The van der Waals surface area contributed by atoms with Crippen LogP contribution in [0.2, 0.25) is 0 Å². The molecule has 0 saturated heterocycles. The van der Waals surface area contributed by atoms with Crippen LogP contribution >= 0.6 is 0 Å². The van der Waals surface area contributed by atoms with E-state index in [4.69, 9.17) is 24.0 Å². The van der Waals surface area contributed by atoms with Gasteiger partial charge in [-0.05, 0) is 74.8 Å². The average Bonchev–Trinajstić information content (AvgIpc) is 3.56. The topological polar surface area (TPSA) is 104 Å². The monoisotopic (exact) mass is 467 g/mol. The van der Waals surface area contributed by atoms with E-state index in [0.717, 1.165) is 52.4 Å². The molecule has 0 radical (unpaired) electrons. The highest BCUT2D eigenvalue weighted by Gasteiger charge is 2.24. The molecule has 2 aromatic rings. The van der Waals surface area contributed by atoms with Crippen molar-refractivity contribution < 1.29 is 9.47 Å². The van der Waals surface area contributed by atoms with Crippen molar-refractivity contribution >= 4 is 26.8 Å². The van der Waals surface area contributed by atoms with E-state index in [0.29, 0.717) is 36.6 Å². The first-order chi connectivity index (χ1) is 15.8. The summed E-state index contributed by atoms with van der Waals surface area (Å²) in [5.41, 5.74) is 4.44. The number of anilines is 2. The Hall–Kier alpha value is -2.87. The Morgan fingerprint density at radius 1 is 1.15 bits per heavy atom. The summed E-state index contributed by atoms with van der Waals surface area (Å²) in [6.07, 6.45) is 7.58. The fourth-order valence-electron chi connectivity index (χ4n) is 3.95. The smallest absolute Gasteiger partial charge is 0.227 e. The van der Waals surface area contributed by atoms with Gasteiger partial charge in [0.2, 0.25) is 5.95 Å². The molecule has 8 heteroatoms. The molecule has 0 atom stereocenters. The zero-order chi connectivity index (χ0) is 23.4. The van der Waals surface area contributed by atoms with Crippen LogP contribution in [0.1, 0.15) is 49.4 Å². The molecule has 2 aliphatic rings. The largest absolute Gasteiger partial charge is 0.494 e. The van der Waals surface area contributed by atoms with E-state index in [2.05, 4.69) is 16.9 Å². The van der Waals surface area contributed by atoms with Crippen LogP contribution in [0, 0.1) is 22.4 Å². The molecule has 7 nitrogen and oxygen atoms in total. The molecule has 4 bridgehead atoms. The summed E-state index contributed by atoms with van der Waals surface area (Å²) in [7, 11) is -2.18. The first-order valence-electron chi connectivity index (χ1n) is 11.4. The van der Waals surface area contributed by atoms with Gasteiger partial charge in [-0.2, -0.15) is 0 Å². The zero-order valence-electron chi connectivity index (χ0n) is 19.4. The second kappa shape index (κ2) is 9.95. The van der Waals surface area contributed by atoms with Crippen molar-refractivity contribution in [3.05, 3.63) is 59.6 Å². The Balaban J connectivity index is 1.69. The molecule has 1 aliphatic carbocycles. The maximum absolute atomic E-state index is 8.57. The minimum atomic E-state index is -2.18. The molecule has 1 fully saturated rings. The van der Waals surface area contributed by atoms with Gasteiger partial charge in [-0.15, -0.1) is 0 Å². The third kappa shape index (κ3) is 6.35. The summed E-state index contributed by atoms with van der Waals surface area (Å²) in [5.74, 6) is 3.64. The Morgan fingerprint density at radius 3 is 2.64 bits per heavy atom. The van der Waals surface area contributed by atoms with E-state index < -0.39 is 9.62 Å². The molecule has 0 spiro atoms. The molecule has 3 N–H and O–H groups in total. The predicted molar refractivity (Wildman–Crippen MR) is 134 cm³/mol. The summed E-state index contributed by atoms with van der Waals surface area (Å²) in [4.78, 5) is 9.22. The van der Waals surface area contributed by atoms with E-state index in [1.807, 2.05) is 32.0 Å². The lowest BCUT2D eigenvalue weighted by Crippen LogP contribution is -2.08. The van der Waals surface area contributed by atoms with Crippen LogP contribution in [0.3, 0.4) is 0 Å². The lowest BCUT2D eigenvalue weighted by Gasteiger charge is -2.15. The summed E-state index contributed by atoms with van der Waals surface area (Å²) < 4.78 is 29.2. The van der Waals surface area contributed by atoms with Gasteiger partial charge >= 0.3 is 0 Å². The number of benzene rings is 1. The molecule has 1 aromatic carbocycles. The van der Waals surface area contributed by atoms with Gasteiger partial charge in [0, 0.05) is 35.0 Å². The van der Waals surface area contributed by atoms with Gasteiger partial charge in [0.15, 0.2) is 0 Å². The van der Waals surface area contributed by atoms with Gasteiger partial charge in [0.05, 0.1) is 18.9 Å². The number of rotatable bonds is 5. The summed E-state index contributed by atoms with van der Waals surface area (Å²) in [6.45, 7) is 9.02. The maximum Gasteiger partial charge on any atom is 0.227 e. The Labute approximate surface area is 196 Å². The number of nitrogens with zero attached hydrogens (tertiary/aromatic N) is 2. The van der Waals surface area contributed by atoms with Gasteiger partial charge in [-0.1, -0.05) is 16.2 Å². The molecule has 1 aromatic heterocycles. The van der Waals surface area contributed by atoms with E-state index in [1.54, 1.807) is 12.3 Å². The van der Waals surface area contributed by atoms with Crippen LogP contribution < -0.4 is 10.1 Å². The van der Waals surface area contributed by atoms with Crippen LogP contribution in [0.25, 0.3) is 5.57 Å². The third-order valence-electron chi connectivity index (χ3n) is 5.80. The first kappa shape index (κ1) is 23.3. The molecular formula is C25H33N5O2S. The summed E-state index contributed by atoms with van der Waals surface area (Å²) in [6, 6.07) is 5.90. The van der Waals surface area contributed by atoms with E-state index in [1.165, 1.54) is 12.8 Å². The number of hydrogen-bond donors (Lipinski definition) is 3. The van der Waals surface area contributed by atoms with Gasteiger partial charge in [0.25, 0.3) is 0 Å². The standard InChI is InChI=1S/C25H33N5O2S/c1-4-23-18(3)24-17(2)14-28-25(30-24)29-21-11-20(16-33(26,27)15-19-7-8-19)12-22(13-21)31-9-5-6-10-32-23/h4,11-14,19,26-27H,1,5-10,15-16H2,2-3H3,(H,28,29,30)/b23-18-. The minimum Gasteiger partial charge on any atom is -0.494 e. The molecule has 0 unspecified atom stereocenters. The summed E-state index contributed by atoms with van der Waals surface area (Å²) in [5, 5.41) is 3.31. The fraction of sp³-hybridized carbons (Fsp3) is 0.440. The normalized spacial score (nSPS) is 19.3. The molecule has 0 amide bonds. The third-order valence-corrected chi connectivity index (χ3v) is 7.67. The highest BCUT2D eigenvalue weighted by Crippen LogP contribution is 2.33. The molecule has 4 rings (SSSR count). The van der Waals surface area contributed by atoms with Crippen LogP contribution in [-0.2, 0) is 20.1 Å². The molecule has 176 valence electrons. The van der Waals surface area contributed by atoms with Crippen molar-refractivity contribution in [1.82, 2.24) is 9.97 Å². The average molecular weight is 468 g/mol. The second-order valence-electron chi connectivity index (χ2n) is 8.95. The minimum absolute atomic E-state index is 0.438. The number of allylic oxidation sites excluding steroid dienone is 2. The van der Waals surface area contributed by atoms with E-state index >= 15 is 0 Å². The van der Waals surface area contributed by atoms with Gasteiger partial charge in [-0.25, -0.2) is 9.97 Å². The second-order valence-corrected chi connectivity index (χ2v) is 11.3. The van der Waals surface area contributed by atoms with Gasteiger partial charge in [0.1, 0.15) is 11.5 Å². The van der Waals surface area contributed by atoms with Crippen molar-refractivity contribution in [3.8, 4) is 5.75 Å². The van der Waals surface area contributed by atoms with E-state index in [9.17, 15) is 0 Å². The predicted octanol–water partition coefficient (Wildman–Crippen LogP) is 6.22. The molecule has 1 aliphatic heterocycles. The SMILES string of the molecule is C=C/C1=C(\C)c2nc(ncc2C)Nc2cc(CS(=N)(=N)CC3CC3)cc(c2)OCCCCO1. The van der Waals surface area contributed by atoms with Crippen molar-refractivity contribution in [3.63, 3.8) is 0 Å². The van der Waals surface area contributed by atoms with Crippen molar-refractivity contribution in [1.29, 1.82) is 9.56 Å². The zero-order valence-corrected chi connectivity index (χ0v) is 20.3. The Kier molecular flexibility index (Phi) is 7.02. The van der Waals surface area contributed by atoms with Crippen LogP contribution in [-0.4, -0.2) is 28.9 Å².